The molecule has 0 aliphatic carbocycles. The quantitative estimate of drug-likeness (QED) is 0.285. The monoisotopic (exact) mass is 690 g/mol. The molecule has 0 aromatic carbocycles. The fourth-order valence-electron chi connectivity index (χ4n) is 4.50. The Morgan fingerprint density at radius 1 is 0.800 bits per heavy atom. The summed E-state index contributed by atoms with van der Waals surface area (Å²) < 4.78 is 12.9. The molecule has 15 nitrogen and oxygen atoms in total. The predicted octanol–water partition coefficient (Wildman–Crippen LogP) is -1.14. The van der Waals surface area contributed by atoms with Gasteiger partial charge in [-0.3, -0.25) is 18.7 Å². The second-order valence-electron chi connectivity index (χ2n) is 8.93. The van der Waals surface area contributed by atoms with Gasteiger partial charge in [0.15, 0.2) is 0 Å². The van der Waals surface area contributed by atoms with Crippen LogP contribution >= 0.6 is 31.9 Å². The molecule has 4 rings (SSSR count). The number of carbonyl (C=O) groups excluding carboxylic acids is 1. The zero-order valence-corrected chi connectivity index (χ0v) is 23.6. The average Bonchev–Trinajstić information content (AvgIpc) is 3.48. The van der Waals surface area contributed by atoms with Crippen molar-refractivity contribution < 1.29 is 34.7 Å². The zero-order chi connectivity index (χ0) is 29.3. The zero-order valence-electron chi connectivity index (χ0n) is 20.4. The van der Waals surface area contributed by atoms with Crippen LogP contribution in [0, 0.1) is 0 Å². The van der Waals surface area contributed by atoms with Crippen molar-refractivity contribution >= 4 is 50.0 Å². The van der Waals surface area contributed by atoms with Crippen molar-refractivity contribution in [2.75, 3.05) is 13.2 Å². The third kappa shape index (κ3) is 5.42. The fourth-order valence-corrected chi connectivity index (χ4v) is 5.07. The van der Waals surface area contributed by atoms with Gasteiger partial charge in [-0.15, -0.1) is 0 Å². The maximum Gasteiger partial charge on any atom is 0.350 e. The molecule has 6 atom stereocenters. The summed E-state index contributed by atoms with van der Waals surface area (Å²) >= 11 is 6.04. The molecule has 0 bridgehead atoms. The molecule has 2 fully saturated rings. The van der Waals surface area contributed by atoms with Gasteiger partial charge in [-0.25, -0.2) is 14.4 Å². The highest BCUT2D eigenvalue weighted by Crippen LogP contribution is 2.28. The first-order chi connectivity index (χ1) is 19.1. The number of aliphatic hydroxyl groups is 4. The third-order valence-electron chi connectivity index (χ3n) is 6.54. The van der Waals surface area contributed by atoms with Crippen LogP contribution in [0.4, 0.5) is 4.79 Å². The first-order valence-electron chi connectivity index (χ1n) is 11.8. The van der Waals surface area contributed by atoms with E-state index >= 15 is 0 Å². The van der Waals surface area contributed by atoms with Gasteiger partial charge >= 0.3 is 17.4 Å². The van der Waals surface area contributed by atoms with Crippen LogP contribution in [0.5, 0.6) is 0 Å². The van der Waals surface area contributed by atoms with Crippen LogP contribution in [0.25, 0.3) is 12.2 Å². The van der Waals surface area contributed by atoms with Crippen molar-refractivity contribution in [3.63, 3.8) is 0 Å². The highest BCUT2D eigenvalue weighted by atomic mass is 79.9. The molecule has 17 heteroatoms. The first kappa shape index (κ1) is 30.2. The van der Waals surface area contributed by atoms with E-state index in [9.17, 15) is 44.4 Å². The van der Waals surface area contributed by atoms with Crippen LogP contribution in [-0.4, -0.2) is 82.4 Å². The molecule has 0 spiro atoms. The van der Waals surface area contributed by atoms with Crippen LogP contribution in [0.3, 0.4) is 0 Å². The fraction of sp³-hybridized carbons (Fsp3) is 0.435. The average molecular weight is 692 g/mol. The summed E-state index contributed by atoms with van der Waals surface area (Å²) in [5.41, 5.74) is -5.30. The van der Waals surface area contributed by atoms with Gasteiger partial charge in [0.05, 0.1) is 36.5 Å². The summed E-state index contributed by atoms with van der Waals surface area (Å²) in [4.78, 5) is 69.7. The van der Waals surface area contributed by atoms with Crippen molar-refractivity contribution in [2.45, 2.75) is 49.7 Å². The molecule has 2 aliphatic heterocycles. The molecule has 4 N–H and O–H groups in total. The van der Waals surface area contributed by atoms with E-state index in [-0.39, 0.29) is 33.1 Å². The number of hydrogen-bond donors (Lipinski definition) is 4. The van der Waals surface area contributed by atoms with Crippen LogP contribution in [0.15, 0.2) is 41.5 Å². The molecule has 0 unspecified atom stereocenters. The Bertz CT molecular complexity index is 1480. The van der Waals surface area contributed by atoms with Gasteiger partial charge in [-0.2, -0.15) is 9.13 Å². The summed E-state index contributed by atoms with van der Waals surface area (Å²) in [5.74, 6) is 0. The minimum absolute atomic E-state index is 0.0833. The van der Waals surface area contributed by atoms with Crippen LogP contribution in [0.1, 0.15) is 36.4 Å². The summed E-state index contributed by atoms with van der Waals surface area (Å²) in [7, 11) is 0. The molecule has 2 aromatic heterocycles. The lowest BCUT2D eigenvalue weighted by Gasteiger charge is -2.19. The van der Waals surface area contributed by atoms with Crippen molar-refractivity contribution in [3.05, 3.63) is 75.2 Å². The summed E-state index contributed by atoms with van der Waals surface area (Å²) in [6.45, 7) is -1.12. The Kier molecular flexibility index (Phi) is 9.36. The maximum absolute atomic E-state index is 13.7. The van der Waals surface area contributed by atoms with Crippen LogP contribution < -0.4 is 22.5 Å². The molecular weight excluding hydrogens is 668 g/mol. The smallest absolute Gasteiger partial charge is 0.350 e. The molecule has 2 aliphatic rings. The Labute approximate surface area is 240 Å². The highest BCUT2D eigenvalue weighted by molar-refractivity contribution is 9.11. The van der Waals surface area contributed by atoms with Crippen LogP contribution in [0.2, 0.25) is 0 Å². The Hall–Kier alpha value is -2.77. The first-order valence-corrected chi connectivity index (χ1v) is 13.6. The highest BCUT2D eigenvalue weighted by Gasteiger charge is 2.38. The molecular formula is C23H24Br2N4O11. The number of ether oxygens (including phenoxy) is 2. The van der Waals surface area contributed by atoms with Crippen molar-refractivity contribution in [1.82, 2.24) is 18.3 Å². The van der Waals surface area contributed by atoms with Gasteiger partial charge in [-0.05, 0) is 22.1 Å². The van der Waals surface area contributed by atoms with Crippen LogP contribution in [-0.2, 0) is 9.47 Å². The standard InChI is InChI=1S/C23H24Br2N4O11/c24-3-1-11-7-26(17-5-13(32)15(9-30)39-17)21(36)28(19(11)34)23(38)29-20(35)12(2-4-25)8-27(22(29)37)18-6-14(33)16(10-31)40-18/h1-4,7-8,13-18,30-33H,5-6,9-10H2/b3-1+,4-2+/t13-,14-,15+,16+,17+,18+/m0/s1. The molecule has 0 radical (unpaired) electrons. The molecule has 40 heavy (non-hydrogen) atoms. The van der Waals surface area contributed by atoms with Gasteiger partial charge in [0, 0.05) is 25.2 Å². The molecule has 216 valence electrons. The summed E-state index contributed by atoms with van der Waals surface area (Å²) in [5, 5.41) is 39.1. The number of halogens is 2. The Morgan fingerprint density at radius 2 is 1.18 bits per heavy atom. The van der Waals surface area contributed by atoms with E-state index in [1.165, 1.54) is 22.1 Å². The molecule has 4 heterocycles. The lowest BCUT2D eigenvalue weighted by molar-refractivity contribution is -0.0463. The molecule has 0 saturated carbocycles. The second kappa shape index (κ2) is 12.4. The maximum atomic E-state index is 13.7. The Balaban J connectivity index is 1.94. The van der Waals surface area contributed by atoms with E-state index in [0.29, 0.717) is 0 Å². The van der Waals surface area contributed by atoms with E-state index < -0.39 is 78.6 Å². The van der Waals surface area contributed by atoms with E-state index in [1.54, 1.807) is 0 Å². The second-order valence-corrected chi connectivity index (χ2v) is 9.98. The summed E-state index contributed by atoms with van der Waals surface area (Å²) in [6, 6.07) is -1.60. The van der Waals surface area contributed by atoms with Gasteiger partial charge in [0.2, 0.25) is 0 Å². The topological polar surface area (TPSA) is 204 Å². The Morgan fingerprint density at radius 3 is 1.48 bits per heavy atom. The third-order valence-corrected chi connectivity index (χ3v) is 7.07. The normalized spacial score (nSPS) is 26.9. The number of aromatic nitrogens is 4. The van der Waals surface area contributed by atoms with Gasteiger partial charge < -0.3 is 29.9 Å². The number of rotatable bonds is 6. The summed E-state index contributed by atoms with van der Waals surface area (Å²) in [6.07, 6.45) is -2.50. The minimum atomic E-state index is -1.60. The van der Waals surface area contributed by atoms with E-state index in [2.05, 4.69) is 31.9 Å². The van der Waals surface area contributed by atoms with Crippen molar-refractivity contribution in [3.8, 4) is 0 Å². The number of carbonyl (C=O) groups is 1. The SMILES string of the molecule is O=C(n1c(=O)c(/C=C/Br)cn([C@H]2C[C@H](O)[C@@H](CO)O2)c1=O)n1c(=O)c(/C=C/Br)cn([C@H]2C[C@H](O)[C@@H](CO)O2)c1=O. The molecule has 2 aromatic rings. The lowest BCUT2D eigenvalue weighted by Crippen LogP contribution is -2.54. The van der Waals surface area contributed by atoms with Crippen molar-refractivity contribution in [1.29, 1.82) is 0 Å². The number of hydrogen-bond acceptors (Lipinski definition) is 11. The number of nitrogens with zero attached hydrogens (tertiary/aromatic N) is 4. The van der Waals surface area contributed by atoms with Gasteiger partial charge in [0.25, 0.3) is 11.1 Å². The molecule has 0 amide bonds. The minimum Gasteiger partial charge on any atom is -0.394 e. The van der Waals surface area contributed by atoms with Crippen molar-refractivity contribution in [2.24, 2.45) is 0 Å². The largest absolute Gasteiger partial charge is 0.394 e. The molecule has 2 saturated heterocycles. The predicted molar refractivity (Wildman–Crippen MR) is 145 cm³/mol. The van der Waals surface area contributed by atoms with E-state index in [4.69, 9.17) is 9.47 Å². The lowest BCUT2D eigenvalue weighted by atomic mass is 10.2. The number of aliphatic hydroxyl groups excluding tert-OH is 4. The van der Waals surface area contributed by atoms with Gasteiger partial charge in [0.1, 0.15) is 24.7 Å². The van der Waals surface area contributed by atoms with Gasteiger partial charge in [-0.1, -0.05) is 31.9 Å². The van der Waals surface area contributed by atoms with E-state index in [0.717, 1.165) is 21.5 Å². The van der Waals surface area contributed by atoms with E-state index in [1.807, 2.05) is 0 Å².